The van der Waals surface area contributed by atoms with E-state index in [1.807, 2.05) is 0 Å². The number of nitrogens with zero attached hydrogens (tertiary/aromatic N) is 2. The SMILES string of the molecule is CCc1ccc2c(c1)nc(CCCO)n2C(C)C. The Morgan fingerprint density at radius 3 is 2.72 bits per heavy atom. The highest BCUT2D eigenvalue weighted by Crippen LogP contribution is 2.23. The Bertz CT molecular complexity index is 529. The Morgan fingerprint density at radius 1 is 1.33 bits per heavy atom. The molecule has 3 nitrogen and oxygen atoms in total. The van der Waals surface area contributed by atoms with Crippen molar-refractivity contribution >= 4 is 11.0 Å². The molecule has 0 aliphatic heterocycles. The van der Waals surface area contributed by atoms with Crippen LogP contribution in [0.15, 0.2) is 18.2 Å². The summed E-state index contributed by atoms with van der Waals surface area (Å²) in [6, 6.07) is 6.93. The van der Waals surface area contributed by atoms with Crippen LogP contribution in [-0.4, -0.2) is 21.3 Å². The van der Waals surface area contributed by atoms with Gasteiger partial charge in [0.2, 0.25) is 0 Å². The molecule has 18 heavy (non-hydrogen) atoms. The molecule has 1 aromatic carbocycles. The predicted octanol–water partition coefficient (Wildman–Crippen LogP) is 3.10. The fraction of sp³-hybridized carbons (Fsp3) is 0.533. The van der Waals surface area contributed by atoms with Crippen molar-refractivity contribution in [1.29, 1.82) is 0 Å². The summed E-state index contributed by atoms with van der Waals surface area (Å²) < 4.78 is 2.28. The molecule has 98 valence electrons. The van der Waals surface area contributed by atoms with E-state index in [4.69, 9.17) is 10.1 Å². The van der Waals surface area contributed by atoms with E-state index >= 15 is 0 Å². The molecule has 0 radical (unpaired) electrons. The second-order valence-electron chi connectivity index (χ2n) is 5.00. The molecule has 0 spiro atoms. The lowest BCUT2D eigenvalue weighted by atomic mass is 10.1. The highest BCUT2D eigenvalue weighted by Gasteiger charge is 2.12. The number of fused-ring (bicyclic) bond motifs is 1. The monoisotopic (exact) mass is 246 g/mol. The Hall–Kier alpha value is -1.35. The van der Waals surface area contributed by atoms with Crippen LogP contribution in [0.5, 0.6) is 0 Å². The van der Waals surface area contributed by atoms with Gasteiger partial charge in [0.1, 0.15) is 5.82 Å². The number of aryl methyl sites for hydroxylation is 2. The molecule has 0 unspecified atom stereocenters. The lowest BCUT2D eigenvalue weighted by Crippen LogP contribution is -2.07. The number of hydrogen-bond donors (Lipinski definition) is 1. The van der Waals surface area contributed by atoms with Crippen LogP contribution in [0.4, 0.5) is 0 Å². The average Bonchev–Trinajstić information content (AvgIpc) is 2.73. The molecule has 3 heteroatoms. The van der Waals surface area contributed by atoms with Crippen molar-refractivity contribution < 1.29 is 5.11 Å². The Morgan fingerprint density at radius 2 is 2.11 bits per heavy atom. The third-order valence-corrected chi connectivity index (χ3v) is 3.31. The maximum Gasteiger partial charge on any atom is 0.110 e. The first-order valence-corrected chi connectivity index (χ1v) is 6.78. The molecule has 0 bridgehead atoms. The minimum absolute atomic E-state index is 0.224. The second kappa shape index (κ2) is 5.53. The minimum Gasteiger partial charge on any atom is -0.396 e. The van der Waals surface area contributed by atoms with Gasteiger partial charge < -0.3 is 9.67 Å². The van der Waals surface area contributed by atoms with Crippen molar-refractivity contribution in [2.24, 2.45) is 0 Å². The van der Waals surface area contributed by atoms with Gasteiger partial charge in [-0.25, -0.2) is 4.98 Å². The molecule has 2 aromatic rings. The summed E-state index contributed by atoms with van der Waals surface area (Å²) in [4.78, 5) is 4.73. The maximum absolute atomic E-state index is 8.98. The quantitative estimate of drug-likeness (QED) is 0.880. The van der Waals surface area contributed by atoms with Crippen LogP contribution in [0, 0.1) is 0 Å². The largest absolute Gasteiger partial charge is 0.396 e. The van der Waals surface area contributed by atoms with Gasteiger partial charge in [0, 0.05) is 19.1 Å². The third kappa shape index (κ3) is 2.41. The maximum atomic E-state index is 8.98. The minimum atomic E-state index is 0.224. The van der Waals surface area contributed by atoms with Crippen LogP contribution in [0.3, 0.4) is 0 Å². The van der Waals surface area contributed by atoms with Crippen LogP contribution in [0.2, 0.25) is 0 Å². The van der Waals surface area contributed by atoms with E-state index in [1.54, 1.807) is 0 Å². The van der Waals surface area contributed by atoms with Crippen LogP contribution < -0.4 is 0 Å². The van der Waals surface area contributed by atoms with Gasteiger partial charge in [0.05, 0.1) is 11.0 Å². The number of rotatable bonds is 5. The molecule has 0 atom stereocenters. The van der Waals surface area contributed by atoms with Crippen molar-refractivity contribution in [1.82, 2.24) is 9.55 Å². The van der Waals surface area contributed by atoms with Crippen LogP contribution >= 0.6 is 0 Å². The van der Waals surface area contributed by atoms with E-state index in [1.165, 1.54) is 11.1 Å². The number of imidazole rings is 1. The Balaban J connectivity index is 2.51. The summed E-state index contributed by atoms with van der Waals surface area (Å²) in [7, 11) is 0. The molecular weight excluding hydrogens is 224 g/mol. The van der Waals surface area contributed by atoms with E-state index in [0.717, 1.165) is 30.6 Å². The van der Waals surface area contributed by atoms with Gasteiger partial charge in [0.25, 0.3) is 0 Å². The number of hydrogen-bond acceptors (Lipinski definition) is 2. The smallest absolute Gasteiger partial charge is 0.110 e. The second-order valence-corrected chi connectivity index (χ2v) is 5.00. The van der Waals surface area contributed by atoms with Gasteiger partial charge in [-0.2, -0.15) is 0 Å². The standard InChI is InChI=1S/C15H22N2O/c1-4-12-7-8-14-13(10-12)16-15(6-5-9-18)17(14)11(2)3/h7-8,10-11,18H,4-6,9H2,1-3H3. The highest BCUT2D eigenvalue weighted by atomic mass is 16.2. The van der Waals surface area contributed by atoms with E-state index < -0.39 is 0 Å². The normalized spacial score (nSPS) is 11.6. The number of aromatic nitrogens is 2. The van der Waals surface area contributed by atoms with Gasteiger partial charge in [-0.15, -0.1) is 0 Å². The summed E-state index contributed by atoms with van der Waals surface area (Å²) >= 11 is 0. The van der Waals surface area contributed by atoms with E-state index in [-0.39, 0.29) is 6.61 Å². The summed E-state index contributed by atoms with van der Waals surface area (Å²) in [5.74, 6) is 1.09. The fourth-order valence-corrected chi connectivity index (χ4v) is 2.40. The van der Waals surface area contributed by atoms with Gasteiger partial charge in [0.15, 0.2) is 0 Å². The molecule has 1 N–H and O–H groups in total. The molecule has 0 amide bonds. The van der Waals surface area contributed by atoms with E-state index in [9.17, 15) is 0 Å². The topological polar surface area (TPSA) is 38.1 Å². The molecule has 1 heterocycles. The van der Waals surface area contributed by atoms with Gasteiger partial charge in [-0.3, -0.25) is 0 Å². The van der Waals surface area contributed by atoms with Gasteiger partial charge in [-0.1, -0.05) is 13.0 Å². The Kier molecular flexibility index (Phi) is 4.02. The number of benzene rings is 1. The first kappa shape index (κ1) is 13.1. The van der Waals surface area contributed by atoms with Crippen LogP contribution in [-0.2, 0) is 12.8 Å². The lowest BCUT2D eigenvalue weighted by Gasteiger charge is -2.12. The summed E-state index contributed by atoms with van der Waals surface area (Å²) in [5, 5.41) is 8.98. The molecular formula is C15H22N2O. The zero-order valence-electron chi connectivity index (χ0n) is 11.5. The number of aliphatic hydroxyl groups excluding tert-OH is 1. The van der Waals surface area contributed by atoms with Crippen LogP contribution in [0.25, 0.3) is 11.0 Å². The van der Waals surface area contributed by atoms with Crippen molar-refractivity contribution in [3.05, 3.63) is 29.6 Å². The predicted molar refractivity (Wildman–Crippen MR) is 74.9 cm³/mol. The van der Waals surface area contributed by atoms with Crippen molar-refractivity contribution in [3.8, 4) is 0 Å². The Labute approximate surface area is 108 Å². The molecule has 0 saturated heterocycles. The summed E-state index contributed by atoms with van der Waals surface area (Å²) in [6.07, 6.45) is 2.65. The fourth-order valence-electron chi connectivity index (χ4n) is 2.40. The zero-order valence-corrected chi connectivity index (χ0v) is 11.5. The zero-order chi connectivity index (χ0) is 13.1. The van der Waals surface area contributed by atoms with Crippen LogP contribution in [0.1, 0.15) is 44.6 Å². The molecule has 2 rings (SSSR count). The van der Waals surface area contributed by atoms with Crippen molar-refractivity contribution in [2.75, 3.05) is 6.61 Å². The van der Waals surface area contributed by atoms with E-state index in [2.05, 4.69) is 43.5 Å². The van der Waals surface area contributed by atoms with Crippen molar-refractivity contribution in [2.45, 2.75) is 46.1 Å². The molecule has 0 saturated carbocycles. The third-order valence-electron chi connectivity index (χ3n) is 3.31. The molecule has 1 aromatic heterocycles. The summed E-state index contributed by atoms with van der Waals surface area (Å²) in [5.41, 5.74) is 3.61. The summed E-state index contributed by atoms with van der Waals surface area (Å²) in [6.45, 7) is 6.74. The van der Waals surface area contributed by atoms with Gasteiger partial charge >= 0.3 is 0 Å². The molecule has 0 aliphatic rings. The van der Waals surface area contributed by atoms with Gasteiger partial charge in [-0.05, 0) is 44.4 Å². The van der Waals surface area contributed by atoms with E-state index in [0.29, 0.717) is 6.04 Å². The van der Waals surface area contributed by atoms with Crippen molar-refractivity contribution in [3.63, 3.8) is 0 Å². The number of aliphatic hydroxyl groups is 1. The lowest BCUT2D eigenvalue weighted by molar-refractivity contribution is 0.286. The highest BCUT2D eigenvalue weighted by molar-refractivity contribution is 5.77. The average molecular weight is 246 g/mol. The molecule has 0 fully saturated rings. The first-order valence-electron chi connectivity index (χ1n) is 6.78. The molecule has 0 aliphatic carbocycles. The first-order chi connectivity index (χ1) is 8.67.